The maximum absolute atomic E-state index is 12.5. The normalized spacial score (nSPS) is 14.3. The van der Waals surface area contributed by atoms with E-state index < -0.39 is 72.6 Å². The van der Waals surface area contributed by atoms with Gasteiger partial charge < -0.3 is 42.0 Å². The third kappa shape index (κ3) is 8.78. The van der Waals surface area contributed by atoms with E-state index in [-0.39, 0.29) is 6.42 Å². The molecule has 1 rings (SSSR count). The summed E-state index contributed by atoms with van der Waals surface area (Å²) in [6, 6.07) is -5.97. The number of carboxylic acids is 3. The number of H-pyrrole nitrogens is 1. The van der Waals surface area contributed by atoms with Crippen LogP contribution in [0.1, 0.15) is 25.5 Å². The number of amides is 3. The van der Waals surface area contributed by atoms with Crippen LogP contribution in [-0.2, 0) is 35.2 Å². The fourth-order valence-corrected chi connectivity index (χ4v) is 2.42. The first kappa shape index (κ1) is 26.0. The fraction of sp³-hybridized carbons (Fsp3) is 0.471. The second-order valence-corrected chi connectivity index (χ2v) is 6.77. The molecular weight excluding hydrogens is 432 g/mol. The summed E-state index contributed by atoms with van der Waals surface area (Å²) in [6.45, 7) is 1.12. The topological polar surface area (TPSA) is 254 Å². The lowest BCUT2D eigenvalue weighted by atomic mass is 10.1. The van der Waals surface area contributed by atoms with Crippen LogP contribution in [0.4, 0.5) is 0 Å². The van der Waals surface area contributed by atoms with Crippen molar-refractivity contribution in [1.82, 2.24) is 25.9 Å². The molecule has 176 valence electrons. The average molecular weight is 456 g/mol. The molecule has 4 unspecified atom stereocenters. The van der Waals surface area contributed by atoms with E-state index in [0.717, 1.165) is 6.92 Å². The number of hydrogen-bond acceptors (Lipinski definition) is 8. The number of hydrogen-bond donors (Lipinski definition) is 8. The highest BCUT2D eigenvalue weighted by Gasteiger charge is 2.31. The van der Waals surface area contributed by atoms with Crippen LogP contribution in [-0.4, -0.2) is 85.1 Å². The molecule has 0 fully saturated rings. The lowest BCUT2D eigenvalue weighted by Gasteiger charge is -2.23. The van der Waals surface area contributed by atoms with E-state index in [9.17, 15) is 28.8 Å². The van der Waals surface area contributed by atoms with Gasteiger partial charge in [-0.05, 0) is 6.92 Å². The summed E-state index contributed by atoms with van der Waals surface area (Å²) < 4.78 is 0. The predicted molar refractivity (Wildman–Crippen MR) is 104 cm³/mol. The maximum Gasteiger partial charge on any atom is 0.325 e. The third-order valence-electron chi connectivity index (χ3n) is 4.08. The maximum atomic E-state index is 12.5. The molecule has 9 N–H and O–H groups in total. The molecule has 32 heavy (non-hydrogen) atoms. The van der Waals surface area contributed by atoms with Crippen LogP contribution in [0.15, 0.2) is 12.5 Å². The molecule has 4 atom stereocenters. The van der Waals surface area contributed by atoms with Crippen molar-refractivity contribution in [2.75, 3.05) is 0 Å². The van der Waals surface area contributed by atoms with Crippen molar-refractivity contribution in [3.05, 3.63) is 18.2 Å². The predicted octanol–water partition coefficient (Wildman–Crippen LogP) is -3.21. The molecule has 3 amide bonds. The van der Waals surface area contributed by atoms with Crippen LogP contribution in [0.5, 0.6) is 0 Å². The molecule has 0 spiro atoms. The number of imidazole rings is 1. The van der Waals surface area contributed by atoms with Crippen LogP contribution in [0.2, 0.25) is 0 Å². The minimum absolute atomic E-state index is 0.00433. The fourth-order valence-electron chi connectivity index (χ4n) is 2.42. The van der Waals surface area contributed by atoms with Crippen molar-refractivity contribution in [3.8, 4) is 0 Å². The van der Waals surface area contributed by atoms with Crippen LogP contribution in [0.3, 0.4) is 0 Å². The highest BCUT2D eigenvalue weighted by molar-refractivity contribution is 5.96. The molecule has 15 heteroatoms. The average Bonchev–Trinajstić information content (AvgIpc) is 3.18. The second-order valence-electron chi connectivity index (χ2n) is 6.77. The third-order valence-corrected chi connectivity index (χ3v) is 4.08. The van der Waals surface area contributed by atoms with Crippen molar-refractivity contribution in [2.45, 2.75) is 50.4 Å². The lowest BCUT2D eigenvalue weighted by Crippen LogP contribution is -2.57. The molecule has 0 aliphatic rings. The quantitative estimate of drug-likeness (QED) is 0.146. The number of carbonyl (C=O) groups is 6. The molecule has 0 aromatic carbocycles. The Morgan fingerprint density at radius 1 is 0.938 bits per heavy atom. The van der Waals surface area contributed by atoms with Gasteiger partial charge in [-0.2, -0.15) is 0 Å². The van der Waals surface area contributed by atoms with E-state index in [1.807, 2.05) is 10.6 Å². The largest absolute Gasteiger partial charge is 0.481 e. The van der Waals surface area contributed by atoms with Gasteiger partial charge in [-0.15, -0.1) is 0 Å². The van der Waals surface area contributed by atoms with Gasteiger partial charge in [0.1, 0.15) is 18.1 Å². The molecule has 1 heterocycles. The zero-order valence-electron chi connectivity index (χ0n) is 16.9. The number of nitrogens with two attached hydrogens (primary N) is 1. The number of rotatable bonds is 13. The van der Waals surface area contributed by atoms with E-state index in [0.29, 0.717) is 5.69 Å². The Labute approximate surface area is 180 Å². The van der Waals surface area contributed by atoms with Gasteiger partial charge in [-0.1, -0.05) is 0 Å². The van der Waals surface area contributed by atoms with E-state index in [4.69, 9.17) is 21.1 Å². The molecule has 0 radical (unpaired) electrons. The number of aliphatic carboxylic acids is 3. The minimum atomic E-state index is -1.73. The number of nitrogens with one attached hydrogen (secondary N) is 4. The van der Waals surface area contributed by atoms with Gasteiger partial charge in [0.2, 0.25) is 17.7 Å². The number of aromatic amines is 1. The van der Waals surface area contributed by atoms with E-state index in [1.54, 1.807) is 0 Å². The van der Waals surface area contributed by atoms with Gasteiger partial charge in [0.05, 0.1) is 25.2 Å². The number of nitrogens with zero attached hydrogens (tertiary/aromatic N) is 1. The first-order valence-corrected chi connectivity index (χ1v) is 9.21. The molecule has 0 aliphatic heterocycles. The minimum Gasteiger partial charge on any atom is -0.481 e. The summed E-state index contributed by atoms with van der Waals surface area (Å²) in [4.78, 5) is 76.6. The SMILES string of the molecule is CC(NC(=O)C(CC(=O)O)NC(=O)C(CC(=O)O)NC(=O)C(N)Cc1cnc[nH]1)C(=O)O. The Hall–Kier alpha value is -4.01. The highest BCUT2D eigenvalue weighted by Crippen LogP contribution is 2.02. The number of aromatic nitrogens is 2. The summed E-state index contributed by atoms with van der Waals surface area (Å²) in [7, 11) is 0. The van der Waals surface area contributed by atoms with Crippen molar-refractivity contribution >= 4 is 35.6 Å². The van der Waals surface area contributed by atoms with E-state index in [1.165, 1.54) is 12.5 Å². The Morgan fingerprint density at radius 2 is 1.44 bits per heavy atom. The first-order chi connectivity index (χ1) is 14.9. The van der Waals surface area contributed by atoms with Crippen LogP contribution >= 0.6 is 0 Å². The molecular formula is C17H24N6O9. The molecule has 0 aliphatic carbocycles. The van der Waals surface area contributed by atoms with Gasteiger partial charge in [0, 0.05) is 18.3 Å². The van der Waals surface area contributed by atoms with Gasteiger partial charge in [-0.3, -0.25) is 28.8 Å². The molecule has 15 nitrogen and oxygen atoms in total. The summed E-state index contributed by atoms with van der Waals surface area (Å²) in [6.07, 6.45) is 0.976. The summed E-state index contributed by atoms with van der Waals surface area (Å²) in [5, 5.41) is 33.1. The zero-order valence-corrected chi connectivity index (χ0v) is 16.9. The zero-order chi connectivity index (χ0) is 24.4. The molecule has 1 aromatic heterocycles. The van der Waals surface area contributed by atoms with E-state index in [2.05, 4.69) is 15.3 Å². The summed E-state index contributed by atoms with van der Waals surface area (Å²) in [5.41, 5.74) is 6.26. The molecule has 1 aromatic rings. The molecule has 0 bridgehead atoms. The first-order valence-electron chi connectivity index (χ1n) is 9.21. The molecule has 0 saturated carbocycles. The van der Waals surface area contributed by atoms with Crippen LogP contribution in [0, 0.1) is 0 Å². The summed E-state index contributed by atoms with van der Waals surface area (Å²) >= 11 is 0. The molecule has 0 saturated heterocycles. The van der Waals surface area contributed by atoms with Crippen LogP contribution in [0.25, 0.3) is 0 Å². The Morgan fingerprint density at radius 3 is 1.88 bits per heavy atom. The Kier molecular flexibility index (Phi) is 9.75. The smallest absolute Gasteiger partial charge is 0.325 e. The Balaban J connectivity index is 2.90. The van der Waals surface area contributed by atoms with Crippen LogP contribution < -0.4 is 21.7 Å². The van der Waals surface area contributed by atoms with Gasteiger partial charge in [0.25, 0.3) is 0 Å². The second kappa shape index (κ2) is 12.0. The summed E-state index contributed by atoms with van der Waals surface area (Å²) in [5.74, 6) is -7.52. The van der Waals surface area contributed by atoms with Crippen molar-refractivity contribution in [2.24, 2.45) is 5.73 Å². The number of carboxylic acid groups (broad SMARTS) is 3. The highest BCUT2D eigenvalue weighted by atomic mass is 16.4. The van der Waals surface area contributed by atoms with Crippen molar-refractivity contribution in [3.63, 3.8) is 0 Å². The van der Waals surface area contributed by atoms with Gasteiger partial charge in [-0.25, -0.2) is 4.98 Å². The lowest BCUT2D eigenvalue weighted by molar-refractivity contribution is -0.144. The van der Waals surface area contributed by atoms with Crippen molar-refractivity contribution in [1.29, 1.82) is 0 Å². The van der Waals surface area contributed by atoms with Gasteiger partial charge >= 0.3 is 17.9 Å². The van der Waals surface area contributed by atoms with E-state index >= 15 is 0 Å². The van der Waals surface area contributed by atoms with Gasteiger partial charge in [0.15, 0.2) is 0 Å². The standard InChI is InChI=1S/C17H24N6O9/c1-7(17(31)32)21-15(29)10(3-12(24)25)23-16(30)11(4-13(26)27)22-14(28)9(18)2-8-5-19-6-20-8/h5-7,9-11H,2-4,18H2,1H3,(H,19,20)(H,21,29)(H,22,28)(H,23,30)(H,24,25)(H,26,27)(H,31,32). The van der Waals surface area contributed by atoms with Crippen molar-refractivity contribution < 1.29 is 44.1 Å². The Bertz CT molecular complexity index is 857. The number of carbonyl (C=O) groups excluding carboxylic acids is 3. The monoisotopic (exact) mass is 456 g/mol.